The molecule has 0 aliphatic heterocycles. The zero-order chi connectivity index (χ0) is 17.5. The third-order valence-electron chi connectivity index (χ3n) is 3.43. The Kier molecular flexibility index (Phi) is 6.23. The van der Waals surface area contributed by atoms with E-state index in [-0.39, 0.29) is 11.7 Å². The first-order valence-corrected chi connectivity index (χ1v) is 8.21. The minimum absolute atomic E-state index is 0.105. The van der Waals surface area contributed by atoms with Crippen molar-refractivity contribution >= 4 is 17.4 Å². The molecule has 0 unspecified atom stereocenters. The van der Waals surface area contributed by atoms with Gasteiger partial charge in [0.1, 0.15) is 23.2 Å². The van der Waals surface area contributed by atoms with Gasteiger partial charge in [0.05, 0.1) is 0 Å². The fraction of sp³-hybridized carbons (Fsp3) is 0.389. The Morgan fingerprint density at radius 1 is 1.17 bits per heavy atom. The molecule has 0 saturated carbocycles. The number of nitrogens with one attached hydrogen (secondary N) is 1. The minimum atomic E-state index is -0.334. The van der Waals surface area contributed by atoms with Crippen molar-refractivity contribution < 1.29 is 9.18 Å². The zero-order valence-corrected chi connectivity index (χ0v) is 14.3. The molecule has 0 atom stereocenters. The Hall–Kier alpha value is -2.50. The first-order valence-electron chi connectivity index (χ1n) is 8.21. The van der Waals surface area contributed by atoms with Gasteiger partial charge in [0.2, 0.25) is 0 Å². The fourth-order valence-corrected chi connectivity index (χ4v) is 2.47. The van der Waals surface area contributed by atoms with Crippen LogP contribution in [0.1, 0.15) is 43.0 Å². The summed E-state index contributed by atoms with van der Waals surface area (Å²) in [4.78, 5) is 23.0. The molecule has 0 saturated heterocycles. The number of rotatable bonds is 7. The van der Waals surface area contributed by atoms with Crippen LogP contribution in [-0.4, -0.2) is 33.9 Å². The van der Waals surface area contributed by atoms with Crippen LogP contribution >= 0.6 is 0 Å². The molecule has 2 rings (SSSR count). The van der Waals surface area contributed by atoms with Gasteiger partial charge in [-0.05, 0) is 38.0 Å². The Morgan fingerprint density at radius 3 is 2.50 bits per heavy atom. The first-order chi connectivity index (χ1) is 11.5. The summed E-state index contributed by atoms with van der Waals surface area (Å²) in [7, 11) is 0. The van der Waals surface area contributed by atoms with Crippen LogP contribution in [0.3, 0.4) is 0 Å². The van der Waals surface area contributed by atoms with Gasteiger partial charge >= 0.3 is 0 Å². The van der Waals surface area contributed by atoms with E-state index in [1.165, 1.54) is 12.1 Å². The van der Waals surface area contributed by atoms with Gasteiger partial charge in [-0.2, -0.15) is 0 Å². The standard InChI is InChI=1S/C18H23FN4O/c1-4-9-23(10-5-2)18(24)16-12-17(21-13(3)20-16)22-15-8-6-7-14(19)11-15/h6-8,11-12H,4-5,9-10H2,1-3H3,(H,20,21,22). The summed E-state index contributed by atoms with van der Waals surface area (Å²) in [6.07, 6.45) is 1.79. The van der Waals surface area contributed by atoms with E-state index in [1.807, 2.05) is 13.8 Å². The van der Waals surface area contributed by atoms with Crippen LogP contribution < -0.4 is 5.32 Å². The van der Waals surface area contributed by atoms with E-state index < -0.39 is 0 Å². The topological polar surface area (TPSA) is 58.1 Å². The monoisotopic (exact) mass is 330 g/mol. The number of anilines is 2. The molecule has 1 aromatic carbocycles. The van der Waals surface area contributed by atoms with Crippen LogP contribution in [0.25, 0.3) is 0 Å². The van der Waals surface area contributed by atoms with Crippen molar-refractivity contribution in [1.29, 1.82) is 0 Å². The highest BCUT2D eigenvalue weighted by molar-refractivity contribution is 5.93. The maximum absolute atomic E-state index is 13.3. The Bertz CT molecular complexity index is 699. The second kappa shape index (κ2) is 8.38. The molecule has 24 heavy (non-hydrogen) atoms. The second-order valence-corrected chi connectivity index (χ2v) is 5.61. The molecule has 2 aromatic rings. The number of halogens is 1. The molecule has 1 N–H and O–H groups in total. The molecule has 0 aliphatic rings. The van der Waals surface area contributed by atoms with Gasteiger partial charge in [0.25, 0.3) is 5.91 Å². The number of aryl methyl sites for hydroxylation is 1. The molecule has 0 aliphatic carbocycles. The van der Waals surface area contributed by atoms with E-state index in [0.717, 1.165) is 12.8 Å². The number of amides is 1. The largest absolute Gasteiger partial charge is 0.340 e. The number of carbonyl (C=O) groups excluding carboxylic acids is 1. The summed E-state index contributed by atoms with van der Waals surface area (Å²) in [6.45, 7) is 7.21. The van der Waals surface area contributed by atoms with Crippen molar-refractivity contribution in [1.82, 2.24) is 14.9 Å². The summed E-state index contributed by atoms with van der Waals surface area (Å²) < 4.78 is 13.3. The molecule has 0 radical (unpaired) electrons. The van der Waals surface area contributed by atoms with Gasteiger partial charge in [-0.3, -0.25) is 4.79 Å². The van der Waals surface area contributed by atoms with E-state index in [2.05, 4.69) is 15.3 Å². The molecular weight excluding hydrogens is 307 g/mol. The summed E-state index contributed by atoms with van der Waals surface area (Å²) in [5, 5.41) is 3.02. The molecule has 1 amide bonds. The molecule has 1 heterocycles. The normalized spacial score (nSPS) is 10.5. The van der Waals surface area contributed by atoms with Gasteiger partial charge in [-0.15, -0.1) is 0 Å². The van der Waals surface area contributed by atoms with Crippen molar-refractivity contribution in [3.8, 4) is 0 Å². The minimum Gasteiger partial charge on any atom is -0.340 e. The summed E-state index contributed by atoms with van der Waals surface area (Å²) in [5.74, 6) is 0.530. The lowest BCUT2D eigenvalue weighted by atomic mass is 10.2. The third-order valence-corrected chi connectivity index (χ3v) is 3.43. The predicted molar refractivity (Wildman–Crippen MR) is 92.9 cm³/mol. The molecule has 0 bridgehead atoms. The SMILES string of the molecule is CCCN(CCC)C(=O)c1cc(Nc2cccc(F)c2)nc(C)n1. The maximum Gasteiger partial charge on any atom is 0.272 e. The van der Waals surface area contributed by atoms with Crippen LogP contribution in [0.15, 0.2) is 30.3 Å². The van der Waals surface area contributed by atoms with Crippen molar-refractivity contribution in [2.45, 2.75) is 33.6 Å². The third kappa shape index (κ3) is 4.75. The second-order valence-electron chi connectivity index (χ2n) is 5.61. The molecule has 0 fully saturated rings. The Balaban J connectivity index is 2.25. The number of benzene rings is 1. The number of carbonyl (C=O) groups is 1. The first kappa shape index (κ1) is 17.8. The highest BCUT2D eigenvalue weighted by Gasteiger charge is 2.17. The maximum atomic E-state index is 13.3. The molecule has 128 valence electrons. The number of nitrogens with zero attached hydrogens (tertiary/aromatic N) is 3. The molecule has 1 aromatic heterocycles. The van der Waals surface area contributed by atoms with Gasteiger partial charge in [0, 0.05) is 24.8 Å². The van der Waals surface area contributed by atoms with Gasteiger partial charge < -0.3 is 10.2 Å². The van der Waals surface area contributed by atoms with Crippen LogP contribution in [0.4, 0.5) is 15.9 Å². The summed E-state index contributed by atoms with van der Waals surface area (Å²) in [6, 6.07) is 7.71. The average Bonchev–Trinajstić information content (AvgIpc) is 2.53. The quantitative estimate of drug-likeness (QED) is 0.835. The Morgan fingerprint density at radius 2 is 1.88 bits per heavy atom. The van der Waals surface area contributed by atoms with Crippen LogP contribution in [0, 0.1) is 12.7 Å². The van der Waals surface area contributed by atoms with Crippen LogP contribution in [-0.2, 0) is 0 Å². The van der Waals surface area contributed by atoms with Crippen molar-refractivity contribution in [2.75, 3.05) is 18.4 Å². The smallest absolute Gasteiger partial charge is 0.272 e. The van der Waals surface area contributed by atoms with Gasteiger partial charge in [0.15, 0.2) is 0 Å². The molecular formula is C18H23FN4O. The molecule has 5 nitrogen and oxygen atoms in total. The molecule has 0 spiro atoms. The number of aromatic nitrogens is 2. The van der Waals surface area contributed by atoms with Gasteiger partial charge in [-0.1, -0.05) is 19.9 Å². The summed E-state index contributed by atoms with van der Waals surface area (Å²) in [5.41, 5.74) is 0.925. The average molecular weight is 330 g/mol. The fourth-order valence-electron chi connectivity index (χ4n) is 2.47. The van der Waals surface area contributed by atoms with Crippen molar-refractivity contribution in [3.63, 3.8) is 0 Å². The highest BCUT2D eigenvalue weighted by atomic mass is 19.1. The van der Waals surface area contributed by atoms with Gasteiger partial charge in [-0.25, -0.2) is 14.4 Å². The van der Waals surface area contributed by atoms with E-state index >= 15 is 0 Å². The molecule has 6 heteroatoms. The van der Waals surface area contributed by atoms with E-state index in [1.54, 1.807) is 30.0 Å². The van der Waals surface area contributed by atoms with E-state index in [9.17, 15) is 9.18 Å². The predicted octanol–water partition coefficient (Wildman–Crippen LogP) is 3.93. The van der Waals surface area contributed by atoms with Crippen molar-refractivity contribution in [3.05, 3.63) is 47.7 Å². The number of hydrogen-bond donors (Lipinski definition) is 1. The van der Waals surface area contributed by atoms with E-state index in [4.69, 9.17) is 0 Å². The van der Waals surface area contributed by atoms with Crippen LogP contribution in [0.5, 0.6) is 0 Å². The Labute approximate surface area is 141 Å². The lowest BCUT2D eigenvalue weighted by Gasteiger charge is -2.21. The lowest BCUT2D eigenvalue weighted by Crippen LogP contribution is -2.33. The van der Waals surface area contributed by atoms with Crippen LogP contribution in [0.2, 0.25) is 0 Å². The zero-order valence-electron chi connectivity index (χ0n) is 14.3. The van der Waals surface area contributed by atoms with E-state index in [0.29, 0.717) is 36.1 Å². The summed E-state index contributed by atoms with van der Waals surface area (Å²) >= 11 is 0. The lowest BCUT2D eigenvalue weighted by molar-refractivity contribution is 0.0749. The van der Waals surface area contributed by atoms with Crippen molar-refractivity contribution in [2.24, 2.45) is 0 Å². The highest BCUT2D eigenvalue weighted by Crippen LogP contribution is 2.17. The number of hydrogen-bond acceptors (Lipinski definition) is 4.